The van der Waals surface area contributed by atoms with Crippen molar-refractivity contribution >= 4 is 17.0 Å². The maximum Gasteiger partial charge on any atom is 0.260 e. The summed E-state index contributed by atoms with van der Waals surface area (Å²) in [6, 6.07) is 3.97. The van der Waals surface area contributed by atoms with E-state index in [4.69, 9.17) is 10.3 Å². The van der Waals surface area contributed by atoms with E-state index in [9.17, 15) is 0 Å². The van der Waals surface area contributed by atoms with Crippen molar-refractivity contribution in [3.05, 3.63) is 34.2 Å². The van der Waals surface area contributed by atoms with Crippen LogP contribution in [-0.4, -0.2) is 15.1 Å². The molecule has 0 aliphatic rings. The van der Waals surface area contributed by atoms with Gasteiger partial charge in [0.2, 0.25) is 5.82 Å². The molecule has 0 amide bonds. The van der Waals surface area contributed by atoms with Gasteiger partial charge in [-0.05, 0) is 31.0 Å². The number of rotatable bonds is 2. The molecular formula is C13H12N4OS. The highest BCUT2D eigenvalue weighted by molar-refractivity contribution is 7.07. The van der Waals surface area contributed by atoms with Gasteiger partial charge in [-0.3, -0.25) is 0 Å². The predicted octanol–water partition coefficient (Wildman–Crippen LogP) is 3.06. The van der Waals surface area contributed by atoms with Crippen molar-refractivity contribution in [3.63, 3.8) is 0 Å². The van der Waals surface area contributed by atoms with Crippen LogP contribution in [0.25, 0.3) is 23.0 Å². The van der Waals surface area contributed by atoms with Gasteiger partial charge in [-0.1, -0.05) is 11.2 Å². The van der Waals surface area contributed by atoms with Crippen molar-refractivity contribution < 1.29 is 4.52 Å². The molecule has 3 aromatic rings. The SMILES string of the molecule is Cc1cc(C)c(N)c(-c2nc(-c3cscn3)no2)c1. The van der Waals surface area contributed by atoms with Gasteiger partial charge in [0.05, 0.1) is 11.1 Å². The molecule has 5 nitrogen and oxygen atoms in total. The summed E-state index contributed by atoms with van der Waals surface area (Å²) < 4.78 is 5.29. The van der Waals surface area contributed by atoms with E-state index >= 15 is 0 Å². The average molecular weight is 272 g/mol. The Balaban J connectivity index is 2.09. The van der Waals surface area contributed by atoms with E-state index in [0.29, 0.717) is 23.1 Å². The van der Waals surface area contributed by atoms with Crippen LogP contribution in [0.2, 0.25) is 0 Å². The smallest absolute Gasteiger partial charge is 0.260 e. The van der Waals surface area contributed by atoms with Crippen LogP contribution in [0.5, 0.6) is 0 Å². The molecule has 0 spiro atoms. The van der Waals surface area contributed by atoms with Crippen molar-refractivity contribution in [1.29, 1.82) is 0 Å². The Labute approximate surface area is 114 Å². The van der Waals surface area contributed by atoms with Gasteiger partial charge >= 0.3 is 0 Å². The molecule has 2 heterocycles. The van der Waals surface area contributed by atoms with E-state index in [1.54, 1.807) is 5.51 Å². The summed E-state index contributed by atoms with van der Waals surface area (Å²) in [7, 11) is 0. The minimum absolute atomic E-state index is 0.423. The van der Waals surface area contributed by atoms with Gasteiger partial charge < -0.3 is 10.3 Å². The highest BCUT2D eigenvalue weighted by atomic mass is 32.1. The number of hydrogen-bond acceptors (Lipinski definition) is 6. The monoisotopic (exact) mass is 272 g/mol. The molecule has 0 radical (unpaired) electrons. The third kappa shape index (κ3) is 2.10. The number of nitrogen functional groups attached to an aromatic ring is 1. The van der Waals surface area contributed by atoms with Gasteiger partial charge in [0.25, 0.3) is 5.89 Å². The molecule has 0 saturated carbocycles. The molecule has 0 saturated heterocycles. The molecule has 2 aromatic heterocycles. The highest BCUT2D eigenvalue weighted by Crippen LogP contribution is 2.30. The molecule has 1 aromatic carbocycles. The fraction of sp³-hybridized carbons (Fsp3) is 0.154. The van der Waals surface area contributed by atoms with Crippen molar-refractivity contribution in [2.45, 2.75) is 13.8 Å². The molecular weight excluding hydrogens is 260 g/mol. The Hall–Kier alpha value is -2.21. The summed E-state index contributed by atoms with van der Waals surface area (Å²) in [5.41, 5.74) is 12.1. The summed E-state index contributed by atoms with van der Waals surface area (Å²) in [4.78, 5) is 8.51. The maximum atomic E-state index is 6.07. The van der Waals surface area contributed by atoms with Crippen molar-refractivity contribution in [2.24, 2.45) is 0 Å². The topological polar surface area (TPSA) is 77.8 Å². The molecule has 19 heavy (non-hydrogen) atoms. The van der Waals surface area contributed by atoms with Gasteiger partial charge in [0.15, 0.2) is 0 Å². The van der Waals surface area contributed by atoms with Gasteiger partial charge in [0.1, 0.15) is 5.69 Å². The Morgan fingerprint density at radius 1 is 1.26 bits per heavy atom. The van der Waals surface area contributed by atoms with Crippen LogP contribution in [0.1, 0.15) is 11.1 Å². The van der Waals surface area contributed by atoms with Crippen molar-refractivity contribution in [3.8, 4) is 23.0 Å². The lowest BCUT2D eigenvalue weighted by atomic mass is 10.0. The van der Waals surface area contributed by atoms with Crippen molar-refractivity contribution in [2.75, 3.05) is 5.73 Å². The average Bonchev–Trinajstić information content (AvgIpc) is 3.03. The maximum absolute atomic E-state index is 6.07. The minimum Gasteiger partial charge on any atom is -0.398 e. The standard InChI is InChI=1S/C13H12N4OS/c1-7-3-8(2)11(14)9(4-7)13-16-12(17-18-13)10-5-19-6-15-10/h3-6H,14H2,1-2H3. The second-order valence-corrected chi connectivity index (χ2v) is 5.06. The first kappa shape index (κ1) is 11.9. The molecule has 0 aliphatic carbocycles. The third-order valence-corrected chi connectivity index (χ3v) is 3.44. The fourth-order valence-corrected chi connectivity index (χ4v) is 2.45. The summed E-state index contributed by atoms with van der Waals surface area (Å²) in [5, 5.41) is 5.81. The van der Waals surface area contributed by atoms with Gasteiger partial charge in [-0.25, -0.2) is 4.98 Å². The third-order valence-electron chi connectivity index (χ3n) is 2.85. The zero-order valence-electron chi connectivity index (χ0n) is 10.5. The molecule has 0 fully saturated rings. The Bertz CT molecular complexity index is 718. The van der Waals surface area contributed by atoms with Crippen LogP contribution in [0.4, 0.5) is 5.69 Å². The molecule has 0 bridgehead atoms. The first-order valence-electron chi connectivity index (χ1n) is 5.74. The number of nitrogens with zero attached hydrogens (tertiary/aromatic N) is 3. The van der Waals surface area contributed by atoms with Crippen LogP contribution in [0, 0.1) is 13.8 Å². The Morgan fingerprint density at radius 2 is 2.11 bits per heavy atom. The highest BCUT2D eigenvalue weighted by Gasteiger charge is 2.15. The predicted molar refractivity (Wildman–Crippen MR) is 74.7 cm³/mol. The summed E-state index contributed by atoms with van der Waals surface area (Å²) in [6.07, 6.45) is 0. The normalized spacial score (nSPS) is 10.8. The van der Waals surface area contributed by atoms with Crippen LogP contribution in [0.3, 0.4) is 0 Å². The number of thiazole rings is 1. The summed E-state index contributed by atoms with van der Waals surface area (Å²) in [5.74, 6) is 0.905. The largest absolute Gasteiger partial charge is 0.398 e. The number of aryl methyl sites for hydroxylation is 2. The lowest BCUT2D eigenvalue weighted by Gasteiger charge is -2.06. The second-order valence-electron chi connectivity index (χ2n) is 4.34. The van der Waals surface area contributed by atoms with E-state index in [1.807, 2.05) is 31.4 Å². The number of hydrogen-bond donors (Lipinski definition) is 1. The van der Waals surface area contributed by atoms with E-state index in [1.165, 1.54) is 11.3 Å². The van der Waals surface area contributed by atoms with Crippen LogP contribution >= 0.6 is 11.3 Å². The number of benzene rings is 1. The first-order valence-corrected chi connectivity index (χ1v) is 6.69. The minimum atomic E-state index is 0.423. The Kier molecular flexibility index (Phi) is 2.79. The number of nitrogens with two attached hydrogens (primary N) is 1. The van der Waals surface area contributed by atoms with Gasteiger partial charge in [0, 0.05) is 11.1 Å². The Morgan fingerprint density at radius 3 is 2.84 bits per heavy atom. The van der Waals surface area contributed by atoms with E-state index in [2.05, 4.69) is 15.1 Å². The molecule has 0 atom stereocenters. The van der Waals surface area contributed by atoms with E-state index < -0.39 is 0 Å². The zero-order valence-corrected chi connectivity index (χ0v) is 11.4. The fourth-order valence-electron chi connectivity index (χ4n) is 1.92. The zero-order chi connectivity index (χ0) is 13.4. The molecule has 0 aliphatic heterocycles. The number of aromatic nitrogens is 3. The lowest BCUT2D eigenvalue weighted by molar-refractivity contribution is 0.432. The molecule has 3 rings (SSSR count). The van der Waals surface area contributed by atoms with Crippen LogP contribution in [-0.2, 0) is 0 Å². The van der Waals surface area contributed by atoms with Crippen LogP contribution in [0.15, 0.2) is 27.5 Å². The molecule has 6 heteroatoms. The van der Waals surface area contributed by atoms with Gasteiger partial charge in [-0.15, -0.1) is 11.3 Å². The quantitative estimate of drug-likeness (QED) is 0.725. The van der Waals surface area contributed by atoms with Crippen molar-refractivity contribution in [1.82, 2.24) is 15.1 Å². The molecule has 2 N–H and O–H groups in total. The van der Waals surface area contributed by atoms with E-state index in [0.717, 1.165) is 16.7 Å². The second kappa shape index (κ2) is 4.47. The summed E-state index contributed by atoms with van der Waals surface area (Å²) >= 11 is 1.49. The molecule has 96 valence electrons. The molecule has 0 unspecified atom stereocenters. The lowest BCUT2D eigenvalue weighted by Crippen LogP contribution is -1.95. The first-order chi connectivity index (χ1) is 9.15. The summed E-state index contributed by atoms with van der Waals surface area (Å²) in [6.45, 7) is 3.97. The number of anilines is 1. The van der Waals surface area contributed by atoms with Crippen LogP contribution < -0.4 is 5.73 Å². The van der Waals surface area contributed by atoms with E-state index in [-0.39, 0.29) is 0 Å². The van der Waals surface area contributed by atoms with Gasteiger partial charge in [-0.2, -0.15) is 4.98 Å².